The summed E-state index contributed by atoms with van der Waals surface area (Å²) in [6.07, 6.45) is -7.38. The summed E-state index contributed by atoms with van der Waals surface area (Å²) in [5.74, 6) is -4.64. The molecule has 0 aromatic carbocycles. The van der Waals surface area contributed by atoms with E-state index in [0.717, 1.165) is 0 Å². The average Bonchev–Trinajstić information content (AvgIpc) is 2.47. The lowest BCUT2D eigenvalue weighted by Gasteiger charge is -2.44. The fraction of sp³-hybridized carbons (Fsp3) is 0.818. The Balaban J connectivity index is 3.10. The van der Waals surface area contributed by atoms with Gasteiger partial charge in [0.25, 0.3) is 5.79 Å². The van der Waals surface area contributed by atoms with Crippen molar-refractivity contribution < 1.29 is 45.4 Å². The van der Waals surface area contributed by atoms with Gasteiger partial charge in [0.1, 0.15) is 24.1 Å². The molecule has 1 saturated heterocycles. The summed E-state index contributed by atoms with van der Waals surface area (Å²) >= 11 is 0. The maximum Gasteiger partial charge on any atom is 0.364 e. The van der Waals surface area contributed by atoms with Gasteiger partial charge in [-0.3, -0.25) is 0 Å². The summed E-state index contributed by atoms with van der Waals surface area (Å²) in [7, 11) is 0. The predicted octanol–water partition coefficient (Wildman–Crippen LogP) is -3.61. The Labute approximate surface area is 125 Å². The lowest BCUT2D eigenvalue weighted by molar-refractivity contribution is -0.294. The van der Waals surface area contributed by atoms with Crippen LogP contribution in [0.25, 0.3) is 0 Å². The summed E-state index contributed by atoms with van der Waals surface area (Å²) in [6.45, 7) is 0.457. The average molecular weight is 324 g/mol. The number of carboxylic acids is 1. The fourth-order valence-corrected chi connectivity index (χ4v) is 2.17. The molecule has 1 aliphatic rings. The zero-order valence-electron chi connectivity index (χ0n) is 11.7. The molecule has 8 N–H and O–H groups in total. The number of aliphatic hydroxyl groups is 5. The second-order valence-electron chi connectivity index (χ2n) is 5.04. The molecule has 0 amide bonds. The third-order valence-electron chi connectivity index (χ3n) is 3.36. The van der Waals surface area contributed by atoms with Gasteiger partial charge in [-0.25, -0.2) is 4.79 Å². The molecule has 1 rings (SSSR count). The number of hydrogen-bond donors (Lipinski definition) is 8. The van der Waals surface area contributed by atoms with E-state index in [1.807, 2.05) is 0 Å². The van der Waals surface area contributed by atoms with Gasteiger partial charge in [-0.05, 0) is 6.92 Å². The number of carbonyl (C=O) groups is 1. The van der Waals surface area contributed by atoms with Crippen molar-refractivity contribution in [1.29, 1.82) is 0 Å². The Hall–Kier alpha value is -1.50. The summed E-state index contributed by atoms with van der Waals surface area (Å²) in [5.41, 5.74) is 0. The van der Waals surface area contributed by atoms with E-state index < -0.39 is 55.2 Å². The highest BCUT2D eigenvalue weighted by molar-refractivity contribution is 5.79. The van der Waals surface area contributed by atoms with Crippen molar-refractivity contribution in [3.63, 3.8) is 0 Å². The zero-order chi connectivity index (χ0) is 17.1. The number of oxime groups is 1. The van der Waals surface area contributed by atoms with Gasteiger partial charge in [0.15, 0.2) is 0 Å². The molecular weight excluding hydrogens is 304 g/mol. The fourth-order valence-electron chi connectivity index (χ4n) is 2.17. The molecule has 0 aromatic heterocycles. The van der Waals surface area contributed by atoms with Gasteiger partial charge in [0, 0.05) is 6.42 Å². The van der Waals surface area contributed by atoms with Gasteiger partial charge in [0.05, 0.1) is 18.8 Å². The Morgan fingerprint density at radius 2 is 2.09 bits per heavy atom. The van der Waals surface area contributed by atoms with E-state index in [4.69, 9.17) is 20.2 Å². The van der Waals surface area contributed by atoms with E-state index in [-0.39, 0.29) is 5.84 Å². The molecule has 0 unspecified atom stereocenters. The molecule has 1 fully saturated rings. The van der Waals surface area contributed by atoms with E-state index in [1.165, 1.54) is 6.92 Å². The number of aliphatic carboxylic acids is 1. The zero-order valence-corrected chi connectivity index (χ0v) is 11.7. The summed E-state index contributed by atoms with van der Waals surface area (Å²) in [6, 6.07) is -1.20. The maximum absolute atomic E-state index is 11.1. The molecule has 11 nitrogen and oxygen atoms in total. The molecule has 0 spiro atoms. The quantitative estimate of drug-likeness (QED) is 0.108. The monoisotopic (exact) mass is 324 g/mol. The van der Waals surface area contributed by atoms with Crippen molar-refractivity contribution in [2.24, 2.45) is 5.16 Å². The smallest absolute Gasteiger partial charge is 0.364 e. The Morgan fingerprint density at radius 1 is 1.50 bits per heavy atom. The number of hydrogen-bond acceptors (Lipinski definition) is 9. The number of carboxylic acid groups (broad SMARTS) is 1. The third-order valence-corrected chi connectivity index (χ3v) is 3.36. The first-order valence-electron chi connectivity index (χ1n) is 6.40. The maximum atomic E-state index is 11.1. The molecule has 0 bridgehead atoms. The number of rotatable bonds is 5. The van der Waals surface area contributed by atoms with Crippen molar-refractivity contribution in [3.8, 4) is 0 Å². The van der Waals surface area contributed by atoms with Crippen molar-refractivity contribution in [3.05, 3.63) is 0 Å². The lowest BCUT2D eigenvalue weighted by Crippen LogP contribution is -2.67. The first kappa shape index (κ1) is 18.5. The molecule has 0 aliphatic carbocycles. The van der Waals surface area contributed by atoms with Crippen molar-refractivity contribution in [1.82, 2.24) is 5.32 Å². The molecule has 128 valence electrons. The second kappa shape index (κ2) is 7.17. The van der Waals surface area contributed by atoms with Crippen LogP contribution < -0.4 is 5.32 Å². The van der Waals surface area contributed by atoms with Gasteiger partial charge in [-0.15, -0.1) is 0 Å². The van der Waals surface area contributed by atoms with Gasteiger partial charge >= 0.3 is 5.97 Å². The minimum Gasteiger partial charge on any atom is -0.477 e. The van der Waals surface area contributed by atoms with Crippen LogP contribution in [-0.2, 0) is 9.53 Å². The standard InChI is InChI=1S/C11H20N2O9/c1-4(13-21)12-7-5(15)2-11(20,10(18)19)22-9(7)8(17)6(16)3-14/h5-9,14-17,20-21H,2-3H2,1H3,(H,12,13)(H,18,19)/t5-,6+,7+,8+,9+,11-/m0/s1. The second-order valence-corrected chi connectivity index (χ2v) is 5.04. The molecular formula is C11H20N2O9. The van der Waals surface area contributed by atoms with Gasteiger partial charge < -0.3 is 45.9 Å². The minimum atomic E-state index is -2.78. The molecule has 0 radical (unpaired) electrons. The highest BCUT2D eigenvalue weighted by Gasteiger charge is 2.53. The Morgan fingerprint density at radius 3 is 2.55 bits per heavy atom. The van der Waals surface area contributed by atoms with Crippen LogP contribution in [0.1, 0.15) is 13.3 Å². The molecule has 1 heterocycles. The summed E-state index contributed by atoms with van der Waals surface area (Å²) in [4.78, 5) is 11.1. The number of amidine groups is 1. The molecule has 0 aromatic rings. The van der Waals surface area contributed by atoms with Gasteiger partial charge in [-0.1, -0.05) is 5.16 Å². The molecule has 11 heteroatoms. The van der Waals surface area contributed by atoms with E-state index in [1.54, 1.807) is 0 Å². The Bertz CT molecular complexity index is 432. The molecule has 22 heavy (non-hydrogen) atoms. The number of aliphatic hydroxyl groups excluding tert-OH is 4. The third kappa shape index (κ3) is 3.82. The van der Waals surface area contributed by atoms with Crippen LogP contribution in [0.15, 0.2) is 5.16 Å². The number of ether oxygens (including phenoxy) is 1. The highest BCUT2D eigenvalue weighted by atomic mass is 16.7. The summed E-state index contributed by atoms with van der Waals surface area (Å²) in [5, 5.41) is 71.0. The Kier molecular flexibility index (Phi) is 6.05. The molecule has 6 atom stereocenters. The van der Waals surface area contributed by atoms with Crippen molar-refractivity contribution in [2.75, 3.05) is 6.61 Å². The van der Waals surface area contributed by atoms with Crippen LogP contribution in [0.5, 0.6) is 0 Å². The topological polar surface area (TPSA) is 192 Å². The van der Waals surface area contributed by atoms with E-state index in [9.17, 15) is 25.2 Å². The first-order chi connectivity index (χ1) is 10.2. The minimum absolute atomic E-state index is 0.0795. The normalized spacial score (nSPS) is 35.7. The van der Waals surface area contributed by atoms with Crippen LogP contribution >= 0.6 is 0 Å². The predicted molar refractivity (Wildman–Crippen MR) is 69.0 cm³/mol. The van der Waals surface area contributed by atoms with Crippen LogP contribution in [0.3, 0.4) is 0 Å². The van der Waals surface area contributed by atoms with E-state index in [2.05, 4.69) is 10.5 Å². The molecule has 1 aliphatic heterocycles. The largest absolute Gasteiger partial charge is 0.477 e. The SMILES string of the molecule is CC(=NO)N[C@H]1[C@H]([C@H](O)[C@H](O)CO)O[C@](O)(C(=O)O)C[C@@H]1O. The van der Waals surface area contributed by atoms with Crippen LogP contribution in [-0.4, -0.2) is 90.5 Å². The molecule has 0 saturated carbocycles. The van der Waals surface area contributed by atoms with Crippen LogP contribution in [0.2, 0.25) is 0 Å². The van der Waals surface area contributed by atoms with Crippen LogP contribution in [0, 0.1) is 0 Å². The van der Waals surface area contributed by atoms with Crippen molar-refractivity contribution in [2.45, 2.75) is 49.6 Å². The van der Waals surface area contributed by atoms with E-state index in [0.29, 0.717) is 0 Å². The first-order valence-corrected chi connectivity index (χ1v) is 6.40. The number of nitrogens with one attached hydrogen (secondary N) is 1. The number of nitrogens with zero attached hydrogens (tertiary/aromatic N) is 1. The van der Waals surface area contributed by atoms with Gasteiger partial charge in [-0.2, -0.15) is 0 Å². The van der Waals surface area contributed by atoms with E-state index >= 15 is 0 Å². The van der Waals surface area contributed by atoms with Gasteiger partial charge in [0.2, 0.25) is 0 Å². The van der Waals surface area contributed by atoms with Crippen LogP contribution in [0.4, 0.5) is 0 Å². The summed E-state index contributed by atoms with van der Waals surface area (Å²) < 4.78 is 4.92. The van der Waals surface area contributed by atoms with Crippen molar-refractivity contribution >= 4 is 11.8 Å². The highest BCUT2D eigenvalue weighted by Crippen LogP contribution is 2.30. The lowest BCUT2D eigenvalue weighted by atomic mass is 9.88.